The normalized spacial score (nSPS) is 19.8. The van der Waals surface area contributed by atoms with Crippen LogP contribution in [0, 0.1) is 5.92 Å². The van der Waals surface area contributed by atoms with Crippen LogP contribution in [0.25, 0.3) is 0 Å². The molecule has 1 fully saturated rings. The summed E-state index contributed by atoms with van der Waals surface area (Å²) in [4.78, 5) is 11.3. The third-order valence-corrected chi connectivity index (χ3v) is 3.02. The van der Waals surface area contributed by atoms with Crippen LogP contribution < -0.4 is 5.73 Å². The Morgan fingerprint density at radius 1 is 1.44 bits per heavy atom. The topological polar surface area (TPSA) is 69.8 Å². The number of hydrogen-bond donors (Lipinski definition) is 2. The summed E-state index contributed by atoms with van der Waals surface area (Å²) < 4.78 is 0. The van der Waals surface area contributed by atoms with Crippen molar-refractivity contribution in [3.63, 3.8) is 0 Å². The van der Waals surface area contributed by atoms with Crippen molar-refractivity contribution >= 4 is 6.09 Å². The standard InChI is InChI=1S/C11H23N3O2/c1-11(2,3)14(10(15)16)13-6-4-9(8-12)5-7-13/h9H,4-8,12H2,1-3H3,(H,15,16). The Bertz CT molecular complexity index is 242. The molecule has 0 spiro atoms. The molecule has 0 aromatic carbocycles. The van der Waals surface area contributed by atoms with E-state index in [0.29, 0.717) is 12.5 Å². The Morgan fingerprint density at radius 3 is 2.25 bits per heavy atom. The molecule has 5 heteroatoms. The Kier molecular flexibility index (Phi) is 4.15. The van der Waals surface area contributed by atoms with E-state index in [1.54, 1.807) is 0 Å². The van der Waals surface area contributed by atoms with Crippen LogP contribution in [0.5, 0.6) is 0 Å². The molecule has 0 saturated carbocycles. The van der Waals surface area contributed by atoms with Crippen molar-refractivity contribution in [1.29, 1.82) is 0 Å². The van der Waals surface area contributed by atoms with Crippen LogP contribution in [0.1, 0.15) is 33.6 Å². The first-order chi connectivity index (χ1) is 7.36. The lowest BCUT2D eigenvalue weighted by Crippen LogP contribution is -2.57. The maximum atomic E-state index is 11.3. The van der Waals surface area contributed by atoms with Crippen molar-refractivity contribution < 1.29 is 9.90 Å². The van der Waals surface area contributed by atoms with Gasteiger partial charge in [-0.15, -0.1) is 0 Å². The summed E-state index contributed by atoms with van der Waals surface area (Å²) in [6.07, 6.45) is 1.09. The molecule has 1 heterocycles. The average Bonchev–Trinajstić information content (AvgIpc) is 2.16. The van der Waals surface area contributed by atoms with Crippen LogP contribution in [0.15, 0.2) is 0 Å². The molecule has 1 rings (SSSR count). The van der Waals surface area contributed by atoms with Gasteiger partial charge in [0.25, 0.3) is 0 Å². The Morgan fingerprint density at radius 2 is 1.94 bits per heavy atom. The lowest BCUT2D eigenvalue weighted by atomic mass is 9.97. The van der Waals surface area contributed by atoms with Gasteiger partial charge in [0, 0.05) is 13.1 Å². The molecule has 16 heavy (non-hydrogen) atoms. The Labute approximate surface area is 97.2 Å². The number of nitrogens with zero attached hydrogens (tertiary/aromatic N) is 2. The maximum absolute atomic E-state index is 11.3. The fourth-order valence-corrected chi connectivity index (χ4v) is 2.19. The largest absolute Gasteiger partial charge is 0.464 e. The van der Waals surface area contributed by atoms with Gasteiger partial charge in [0.2, 0.25) is 0 Å². The third kappa shape index (κ3) is 3.09. The first-order valence-electron chi connectivity index (χ1n) is 5.84. The Hall–Kier alpha value is -0.810. The number of nitrogens with two attached hydrogens (primary N) is 1. The number of carboxylic acid groups (broad SMARTS) is 1. The number of hydrogen-bond acceptors (Lipinski definition) is 3. The van der Waals surface area contributed by atoms with Gasteiger partial charge in [-0.2, -0.15) is 0 Å². The van der Waals surface area contributed by atoms with Crippen LogP contribution >= 0.6 is 0 Å². The van der Waals surface area contributed by atoms with Crippen molar-refractivity contribution in [3.05, 3.63) is 0 Å². The van der Waals surface area contributed by atoms with Gasteiger partial charge in [0.05, 0.1) is 5.54 Å². The van der Waals surface area contributed by atoms with Crippen LogP contribution in [-0.4, -0.2) is 46.4 Å². The van der Waals surface area contributed by atoms with Crippen molar-refractivity contribution in [1.82, 2.24) is 10.0 Å². The van der Waals surface area contributed by atoms with E-state index in [9.17, 15) is 9.90 Å². The van der Waals surface area contributed by atoms with Crippen molar-refractivity contribution in [2.75, 3.05) is 19.6 Å². The highest BCUT2D eigenvalue weighted by Crippen LogP contribution is 2.23. The molecular formula is C11H23N3O2. The van der Waals surface area contributed by atoms with Gasteiger partial charge in [0.15, 0.2) is 0 Å². The van der Waals surface area contributed by atoms with Gasteiger partial charge in [-0.05, 0) is 46.1 Å². The summed E-state index contributed by atoms with van der Waals surface area (Å²) in [7, 11) is 0. The molecule has 0 bridgehead atoms. The fourth-order valence-electron chi connectivity index (χ4n) is 2.19. The van der Waals surface area contributed by atoms with Gasteiger partial charge >= 0.3 is 6.09 Å². The van der Waals surface area contributed by atoms with Gasteiger partial charge in [0.1, 0.15) is 0 Å². The minimum atomic E-state index is -0.876. The highest BCUT2D eigenvalue weighted by Gasteiger charge is 2.33. The molecule has 0 aliphatic carbocycles. The second kappa shape index (κ2) is 5.01. The number of carbonyl (C=O) groups is 1. The highest BCUT2D eigenvalue weighted by molar-refractivity contribution is 5.65. The molecule has 0 atom stereocenters. The zero-order valence-electron chi connectivity index (χ0n) is 10.4. The average molecular weight is 229 g/mol. The lowest BCUT2D eigenvalue weighted by Gasteiger charge is -2.44. The summed E-state index contributed by atoms with van der Waals surface area (Å²) in [6.45, 7) is 8.01. The molecule has 1 amide bonds. The summed E-state index contributed by atoms with van der Waals surface area (Å²) in [5, 5.41) is 12.6. The minimum absolute atomic E-state index is 0.388. The summed E-state index contributed by atoms with van der Waals surface area (Å²) in [5.41, 5.74) is 5.23. The van der Waals surface area contributed by atoms with Crippen molar-refractivity contribution in [3.8, 4) is 0 Å². The van der Waals surface area contributed by atoms with Crippen LogP contribution in [0.3, 0.4) is 0 Å². The van der Waals surface area contributed by atoms with Gasteiger partial charge in [-0.3, -0.25) is 0 Å². The molecular weight excluding hydrogens is 206 g/mol. The van der Waals surface area contributed by atoms with E-state index >= 15 is 0 Å². The number of piperidine rings is 1. The molecule has 0 aromatic rings. The summed E-state index contributed by atoms with van der Waals surface area (Å²) in [5.74, 6) is 0.548. The van der Waals surface area contributed by atoms with E-state index in [1.807, 2.05) is 25.8 Å². The molecule has 0 aromatic heterocycles. The molecule has 1 aliphatic heterocycles. The highest BCUT2D eigenvalue weighted by atomic mass is 16.4. The first-order valence-corrected chi connectivity index (χ1v) is 5.84. The number of hydrazine groups is 1. The predicted molar refractivity (Wildman–Crippen MR) is 63.0 cm³/mol. The van der Waals surface area contributed by atoms with E-state index in [2.05, 4.69) is 0 Å². The zero-order valence-corrected chi connectivity index (χ0v) is 10.4. The maximum Gasteiger partial charge on any atom is 0.422 e. The minimum Gasteiger partial charge on any atom is -0.464 e. The van der Waals surface area contributed by atoms with Gasteiger partial charge in [-0.1, -0.05) is 0 Å². The van der Waals surface area contributed by atoms with E-state index in [0.717, 1.165) is 25.9 Å². The summed E-state index contributed by atoms with van der Waals surface area (Å²) in [6, 6.07) is 0. The van der Waals surface area contributed by atoms with E-state index in [4.69, 9.17) is 5.73 Å². The smallest absolute Gasteiger partial charge is 0.422 e. The monoisotopic (exact) mass is 229 g/mol. The molecule has 0 unspecified atom stereocenters. The number of amides is 1. The zero-order chi connectivity index (χ0) is 12.3. The molecule has 3 N–H and O–H groups in total. The SMILES string of the molecule is CC(C)(C)N(C(=O)O)N1CCC(CN)CC1. The summed E-state index contributed by atoms with van der Waals surface area (Å²) >= 11 is 0. The van der Waals surface area contributed by atoms with Crippen molar-refractivity contribution in [2.45, 2.75) is 39.2 Å². The molecule has 1 saturated heterocycles. The lowest BCUT2D eigenvalue weighted by molar-refractivity contribution is -0.0820. The molecule has 0 radical (unpaired) electrons. The molecule has 5 nitrogen and oxygen atoms in total. The third-order valence-electron chi connectivity index (χ3n) is 3.02. The van der Waals surface area contributed by atoms with Gasteiger partial charge < -0.3 is 10.8 Å². The number of rotatable bonds is 2. The van der Waals surface area contributed by atoms with E-state index < -0.39 is 6.09 Å². The molecule has 1 aliphatic rings. The second-order valence-electron chi connectivity index (χ2n) is 5.40. The van der Waals surface area contributed by atoms with Gasteiger partial charge in [-0.25, -0.2) is 14.8 Å². The van der Waals surface area contributed by atoms with E-state index in [-0.39, 0.29) is 5.54 Å². The Balaban J connectivity index is 2.65. The first kappa shape index (κ1) is 13.3. The quantitative estimate of drug-likeness (QED) is 0.750. The second-order valence-corrected chi connectivity index (χ2v) is 5.40. The molecule has 94 valence electrons. The van der Waals surface area contributed by atoms with Crippen LogP contribution in [0.2, 0.25) is 0 Å². The fraction of sp³-hybridized carbons (Fsp3) is 0.909. The van der Waals surface area contributed by atoms with Crippen LogP contribution in [-0.2, 0) is 0 Å². The van der Waals surface area contributed by atoms with E-state index in [1.165, 1.54) is 5.01 Å². The van der Waals surface area contributed by atoms with Crippen molar-refractivity contribution in [2.24, 2.45) is 11.7 Å². The predicted octanol–water partition coefficient (Wildman–Crippen LogP) is 1.35. The van der Waals surface area contributed by atoms with Crippen LogP contribution in [0.4, 0.5) is 4.79 Å².